The first-order valence-corrected chi connectivity index (χ1v) is 10.1. The minimum atomic E-state index is -0.390. The highest BCUT2D eigenvalue weighted by atomic mass is 16.5. The van der Waals surface area contributed by atoms with E-state index in [1.54, 1.807) is 65.8 Å². The predicted octanol–water partition coefficient (Wildman–Crippen LogP) is 4.12. The second-order valence-corrected chi connectivity index (χ2v) is 7.19. The lowest BCUT2D eigenvalue weighted by atomic mass is 10.1. The molecule has 0 spiro atoms. The van der Waals surface area contributed by atoms with Crippen LogP contribution in [0.4, 0.5) is 17.1 Å². The Morgan fingerprint density at radius 2 is 1.76 bits per heavy atom. The average Bonchev–Trinajstić information content (AvgIpc) is 2.84. The molecule has 0 aliphatic heterocycles. The molecule has 166 valence electrons. The van der Waals surface area contributed by atoms with Crippen LogP contribution in [0.1, 0.15) is 21.5 Å². The Labute approximate surface area is 193 Å². The van der Waals surface area contributed by atoms with Gasteiger partial charge in [0.15, 0.2) is 0 Å². The first-order chi connectivity index (χ1) is 16.0. The standard InChI is InChI=1S/C26H24N4O3/c1-5-19-9-13-21(14-10-19)28-26(32)23-7-6-8-24(33-4)25(23)30(18-31)22-15-11-20(12-16-22)17-27-29(2)3/h1,6-18H,2-4H3,(H,28,32). The van der Waals surface area contributed by atoms with Crippen LogP contribution in [0.5, 0.6) is 5.75 Å². The molecule has 3 rings (SSSR count). The number of hydrazone groups is 1. The minimum Gasteiger partial charge on any atom is -0.495 e. The number of carbonyl (C=O) groups excluding carboxylic acids is 2. The van der Waals surface area contributed by atoms with Crippen molar-refractivity contribution < 1.29 is 14.3 Å². The number of methoxy groups -OCH3 is 1. The molecule has 3 aromatic carbocycles. The van der Waals surface area contributed by atoms with Gasteiger partial charge in [0.25, 0.3) is 5.91 Å². The van der Waals surface area contributed by atoms with Crippen molar-refractivity contribution in [1.82, 2.24) is 5.01 Å². The number of benzene rings is 3. The van der Waals surface area contributed by atoms with Crippen LogP contribution in [0.3, 0.4) is 0 Å². The van der Waals surface area contributed by atoms with Crippen molar-refractivity contribution in [3.05, 3.63) is 83.4 Å². The van der Waals surface area contributed by atoms with E-state index in [0.717, 1.165) is 5.56 Å². The molecule has 0 heterocycles. The van der Waals surface area contributed by atoms with Crippen molar-refractivity contribution in [3.8, 4) is 18.1 Å². The fourth-order valence-electron chi connectivity index (χ4n) is 3.11. The third-order valence-corrected chi connectivity index (χ3v) is 4.73. The Hall–Kier alpha value is -4.57. The highest BCUT2D eigenvalue weighted by Crippen LogP contribution is 2.36. The zero-order chi connectivity index (χ0) is 23.8. The molecule has 0 aliphatic carbocycles. The van der Waals surface area contributed by atoms with Crippen molar-refractivity contribution in [2.75, 3.05) is 31.4 Å². The number of anilines is 3. The van der Waals surface area contributed by atoms with Crippen molar-refractivity contribution in [2.24, 2.45) is 5.10 Å². The molecule has 3 aromatic rings. The van der Waals surface area contributed by atoms with Gasteiger partial charge in [-0.25, -0.2) is 0 Å². The summed E-state index contributed by atoms with van der Waals surface area (Å²) in [7, 11) is 5.15. The van der Waals surface area contributed by atoms with Crippen molar-refractivity contribution in [3.63, 3.8) is 0 Å². The molecule has 2 amide bonds. The smallest absolute Gasteiger partial charge is 0.257 e. The molecule has 0 radical (unpaired) electrons. The molecule has 1 N–H and O–H groups in total. The molecule has 0 saturated heterocycles. The number of nitrogens with one attached hydrogen (secondary N) is 1. The van der Waals surface area contributed by atoms with Crippen LogP contribution in [0.25, 0.3) is 0 Å². The summed E-state index contributed by atoms with van der Waals surface area (Å²) in [5.41, 5.74) is 3.34. The van der Waals surface area contributed by atoms with Gasteiger partial charge in [0.2, 0.25) is 6.41 Å². The maximum atomic E-state index is 13.1. The van der Waals surface area contributed by atoms with Crippen LogP contribution >= 0.6 is 0 Å². The molecule has 33 heavy (non-hydrogen) atoms. The molecule has 7 nitrogen and oxygen atoms in total. The number of para-hydroxylation sites is 1. The molecule has 0 bridgehead atoms. The van der Waals surface area contributed by atoms with Crippen LogP contribution < -0.4 is 15.0 Å². The molecule has 0 aromatic heterocycles. The number of carbonyl (C=O) groups is 2. The first-order valence-electron chi connectivity index (χ1n) is 10.1. The molecule has 0 atom stereocenters. The van der Waals surface area contributed by atoms with E-state index in [0.29, 0.717) is 34.8 Å². The topological polar surface area (TPSA) is 74.2 Å². The summed E-state index contributed by atoms with van der Waals surface area (Å²) in [5.74, 6) is 2.53. The van der Waals surface area contributed by atoms with Crippen molar-refractivity contribution in [2.45, 2.75) is 0 Å². The van der Waals surface area contributed by atoms with Gasteiger partial charge in [0.05, 0.1) is 18.9 Å². The maximum absolute atomic E-state index is 13.1. The number of nitrogens with zero attached hydrogens (tertiary/aromatic N) is 3. The van der Waals surface area contributed by atoms with Crippen LogP contribution in [-0.4, -0.2) is 44.7 Å². The highest BCUT2D eigenvalue weighted by Gasteiger charge is 2.22. The zero-order valence-electron chi connectivity index (χ0n) is 18.6. The maximum Gasteiger partial charge on any atom is 0.257 e. The molecule has 0 saturated carbocycles. The van der Waals surface area contributed by atoms with Gasteiger partial charge in [0.1, 0.15) is 11.4 Å². The number of amides is 2. The monoisotopic (exact) mass is 440 g/mol. The van der Waals surface area contributed by atoms with Crippen LogP contribution in [-0.2, 0) is 4.79 Å². The van der Waals surface area contributed by atoms with E-state index >= 15 is 0 Å². The number of terminal acetylenes is 1. The third kappa shape index (κ3) is 5.57. The summed E-state index contributed by atoms with van der Waals surface area (Å²) in [5, 5.41) is 8.73. The fourth-order valence-corrected chi connectivity index (χ4v) is 3.11. The highest BCUT2D eigenvalue weighted by molar-refractivity contribution is 6.11. The summed E-state index contributed by atoms with van der Waals surface area (Å²) in [6.45, 7) is 0. The average molecular weight is 441 g/mol. The van der Waals surface area contributed by atoms with E-state index in [2.05, 4.69) is 16.3 Å². The number of ether oxygens (including phenoxy) is 1. The van der Waals surface area contributed by atoms with Gasteiger partial charge < -0.3 is 15.1 Å². The van der Waals surface area contributed by atoms with Gasteiger partial charge >= 0.3 is 0 Å². The molecular formula is C26H24N4O3. The molecule has 0 unspecified atom stereocenters. The van der Waals surface area contributed by atoms with Gasteiger partial charge in [-0.3, -0.25) is 14.5 Å². The second-order valence-electron chi connectivity index (χ2n) is 7.19. The lowest BCUT2D eigenvalue weighted by Crippen LogP contribution is -2.21. The lowest BCUT2D eigenvalue weighted by molar-refractivity contribution is -0.106. The fraction of sp³-hybridized carbons (Fsp3) is 0.115. The minimum absolute atomic E-state index is 0.278. The molecule has 7 heteroatoms. The summed E-state index contributed by atoms with van der Waals surface area (Å²) in [6, 6.07) is 19.2. The van der Waals surface area contributed by atoms with E-state index < -0.39 is 0 Å². The number of rotatable bonds is 8. The van der Waals surface area contributed by atoms with Crippen LogP contribution in [0, 0.1) is 12.3 Å². The quantitative estimate of drug-likeness (QED) is 0.248. The van der Waals surface area contributed by atoms with E-state index in [-0.39, 0.29) is 11.5 Å². The Bertz CT molecular complexity index is 1190. The van der Waals surface area contributed by atoms with Gasteiger partial charge in [-0.2, -0.15) is 5.10 Å². The predicted molar refractivity (Wildman–Crippen MR) is 131 cm³/mol. The van der Waals surface area contributed by atoms with E-state index in [1.165, 1.54) is 12.0 Å². The zero-order valence-corrected chi connectivity index (χ0v) is 18.6. The number of hydrogen-bond acceptors (Lipinski definition) is 5. The van der Waals surface area contributed by atoms with Gasteiger partial charge in [-0.05, 0) is 54.1 Å². The van der Waals surface area contributed by atoms with Crippen molar-refractivity contribution >= 4 is 35.6 Å². The van der Waals surface area contributed by atoms with Gasteiger partial charge in [-0.15, -0.1) is 6.42 Å². The molecule has 0 fully saturated rings. The summed E-state index contributed by atoms with van der Waals surface area (Å²) in [6.07, 6.45) is 7.75. The lowest BCUT2D eigenvalue weighted by Gasteiger charge is -2.23. The third-order valence-electron chi connectivity index (χ3n) is 4.73. The summed E-state index contributed by atoms with van der Waals surface area (Å²) < 4.78 is 5.48. The number of hydrogen-bond donors (Lipinski definition) is 1. The largest absolute Gasteiger partial charge is 0.495 e. The van der Waals surface area contributed by atoms with Crippen LogP contribution in [0.15, 0.2) is 71.8 Å². The first kappa shape index (κ1) is 23.1. The van der Waals surface area contributed by atoms with Gasteiger partial charge in [0, 0.05) is 31.0 Å². The Kier molecular flexibility index (Phi) is 7.45. The van der Waals surface area contributed by atoms with E-state index in [9.17, 15) is 9.59 Å². The summed E-state index contributed by atoms with van der Waals surface area (Å²) >= 11 is 0. The Morgan fingerprint density at radius 1 is 1.06 bits per heavy atom. The van der Waals surface area contributed by atoms with Crippen molar-refractivity contribution in [1.29, 1.82) is 0 Å². The molecule has 0 aliphatic rings. The Balaban J connectivity index is 1.97. The molecular weight excluding hydrogens is 416 g/mol. The van der Waals surface area contributed by atoms with Crippen LogP contribution in [0.2, 0.25) is 0 Å². The van der Waals surface area contributed by atoms with Gasteiger partial charge in [-0.1, -0.05) is 24.1 Å². The van der Waals surface area contributed by atoms with E-state index in [1.807, 2.05) is 26.2 Å². The Morgan fingerprint density at radius 3 is 2.33 bits per heavy atom. The SMILES string of the molecule is C#Cc1ccc(NC(=O)c2cccc(OC)c2N(C=O)c2ccc(C=NN(C)C)cc2)cc1. The normalized spacial score (nSPS) is 10.4. The summed E-state index contributed by atoms with van der Waals surface area (Å²) in [4.78, 5) is 26.7. The van der Waals surface area contributed by atoms with E-state index in [4.69, 9.17) is 11.2 Å². The second kappa shape index (κ2) is 10.6.